The molecule has 0 aliphatic heterocycles. The normalized spacial score (nSPS) is 10.7. The minimum atomic E-state index is -0.138. The van der Waals surface area contributed by atoms with Crippen molar-refractivity contribution in [3.8, 4) is 10.6 Å². The summed E-state index contributed by atoms with van der Waals surface area (Å²) < 4.78 is 0. The molecule has 0 bridgehead atoms. The topological polar surface area (TPSA) is 87.1 Å². The maximum absolute atomic E-state index is 11.2. The SMILES string of the molecule is CC(=O)Nc1nc(C)c(-c2csc(Nc3ccccc3CCO)n2)s1. The van der Waals surface area contributed by atoms with Crippen LogP contribution in [0.1, 0.15) is 18.2 Å². The van der Waals surface area contributed by atoms with Crippen LogP contribution in [-0.4, -0.2) is 27.6 Å². The van der Waals surface area contributed by atoms with Crippen molar-refractivity contribution in [1.29, 1.82) is 0 Å². The van der Waals surface area contributed by atoms with Crippen LogP contribution in [0.15, 0.2) is 29.6 Å². The van der Waals surface area contributed by atoms with Gasteiger partial charge < -0.3 is 15.7 Å². The zero-order valence-electron chi connectivity index (χ0n) is 13.9. The highest BCUT2D eigenvalue weighted by atomic mass is 32.1. The van der Waals surface area contributed by atoms with E-state index in [0.717, 1.165) is 32.6 Å². The van der Waals surface area contributed by atoms with Gasteiger partial charge in [0.1, 0.15) is 0 Å². The van der Waals surface area contributed by atoms with E-state index >= 15 is 0 Å². The Balaban J connectivity index is 1.81. The summed E-state index contributed by atoms with van der Waals surface area (Å²) in [5.41, 5.74) is 3.66. The monoisotopic (exact) mass is 374 g/mol. The Morgan fingerprint density at radius 1 is 1.24 bits per heavy atom. The predicted octanol–water partition coefficient (Wildman–Crippen LogP) is 3.81. The smallest absolute Gasteiger partial charge is 0.223 e. The number of aromatic nitrogens is 2. The van der Waals surface area contributed by atoms with Crippen LogP contribution in [0, 0.1) is 6.92 Å². The number of benzene rings is 1. The first-order valence-electron chi connectivity index (χ1n) is 7.73. The summed E-state index contributed by atoms with van der Waals surface area (Å²) in [6.07, 6.45) is 0.593. The van der Waals surface area contributed by atoms with Gasteiger partial charge in [0.2, 0.25) is 5.91 Å². The number of carbonyl (C=O) groups excluding carboxylic acids is 1. The van der Waals surface area contributed by atoms with Gasteiger partial charge in [-0.25, -0.2) is 9.97 Å². The van der Waals surface area contributed by atoms with E-state index in [0.29, 0.717) is 11.6 Å². The van der Waals surface area contributed by atoms with E-state index < -0.39 is 0 Å². The Bertz CT molecular complexity index is 888. The predicted molar refractivity (Wildman–Crippen MR) is 103 cm³/mol. The zero-order valence-corrected chi connectivity index (χ0v) is 15.5. The molecule has 0 saturated heterocycles. The molecule has 0 spiro atoms. The number of amides is 1. The lowest BCUT2D eigenvalue weighted by Crippen LogP contribution is -2.04. The summed E-state index contributed by atoms with van der Waals surface area (Å²) in [5.74, 6) is -0.138. The maximum atomic E-state index is 11.2. The maximum Gasteiger partial charge on any atom is 0.223 e. The van der Waals surface area contributed by atoms with Crippen LogP contribution in [0.2, 0.25) is 0 Å². The van der Waals surface area contributed by atoms with Gasteiger partial charge in [0.05, 0.1) is 16.3 Å². The van der Waals surface area contributed by atoms with Crippen LogP contribution < -0.4 is 10.6 Å². The molecule has 6 nitrogen and oxygen atoms in total. The number of aliphatic hydroxyl groups is 1. The molecule has 1 aromatic carbocycles. The van der Waals surface area contributed by atoms with Crippen molar-refractivity contribution < 1.29 is 9.90 Å². The van der Waals surface area contributed by atoms with E-state index in [4.69, 9.17) is 0 Å². The second-order valence-corrected chi connectivity index (χ2v) is 7.27. The van der Waals surface area contributed by atoms with E-state index in [2.05, 4.69) is 20.6 Å². The highest BCUT2D eigenvalue weighted by molar-refractivity contribution is 7.20. The third-order valence-electron chi connectivity index (χ3n) is 3.46. The zero-order chi connectivity index (χ0) is 17.8. The third-order valence-corrected chi connectivity index (χ3v) is 5.31. The first-order chi connectivity index (χ1) is 12.1. The fraction of sp³-hybridized carbons (Fsp3) is 0.235. The van der Waals surface area contributed by atoms with Crippen molar-refractivity contribution in [3.05, 3.63) is 40.9 Å². The molecule has 0 atom stereocenters. The molecule has 3 N–H and O–H groups in total. The van der Waals surface area contributed by atoms with Gasteiger partial charge >= 0.3 is 0 Å². The van der Waals surface area contributed by atoms with Gasteiger partial charge in [-0.05, 0) is 25.0 Å². The fourth-order valence-electron chi connectivity index (χ4n) is 2.37. The molecular weight excluding hydrogens is 356 g/mol. The average molecular weight is 374 g/mol. The van der Waals surface area contributed by atoms with Crippen molar-refractivity contribution in [1.82, 2.24) is 9.97 Å². The number of nitrogens with zero attached hydrogens (tertiary/aromatic N) is 2. The molecule has 0 saturated carbocycles. The lowest BCUT2D eigenvalue weighted by molar-refractivity contribution is -0.114. The molecule has 25 heavy (non-hydrogen) atoms. The van der Waals surface area contributed by atoms with Crippen LogP contribution in [0.4, 0.5) is 16.0 Å². The van der Waals surface area contributed by atoms with Crippen molar-refractivity contribution >= 4 is 44.5 Å². The number of rotatable bonds is 6. The van der Waals surface area contributed by atoms with Gasteiger partial charge in [-0.3, -0.25) is 4.79 Å². The quantitative estimate of drug-likeness (QED) is 0.611. The first kappa shape index (κ1) is 17.5. The molecule has 3 rings (SSSR count). The largest absolute Gasteiger partial charge is 0.396 e. The highest BCUT2D eigenvalue weighted by Crippen LogP contribution is 2.35. The van der Waals surface area contributed by atoms with Gasteiger partial charge in [0.25, 0.3) is 0 Å². The van der Waals surface area contributed by atoms with Gasteiger partial charge in [-0.15, -0.1) is 11.3 Å². The number of carbonyl (C=O) groups is 1. The molecule has 0 aliphatic rings. The number of hydrogen-bond donors (Lipinski definition) is 3. The summed E-state index contributed by atoms with van der Waals surface area (Å²) in [5, 5.41) is 18.5. The minimum absolute atomic E-state index is 0.105. The average Bonchev–Trinajstić information content (AvgIpc) is 3.15. The van der Waals surface area contributed by atoms with E-state index in [1.54, 1.807) is 0 Å². The lowest BCUT2D eigenvalue weighted by atomic mass is 10.1. The second kappa shape index (κ2) is 7.73. The van der Waals surface area contributed by atoms with E-state index in [1.807, 2.05) is 36.6 Å². The van der Waals surface area contributed by atoms with Crippen molar-refractivity contribution in [2.45, 2.75) is 20.3 Å². The van der Waals surface area contributed by atoms with E-state index in [-0.39, 0.29) is 12.5 Å². The Kier molecular flexibility index (Phi) is 5.42. The Labute approximate surface area is 153 Å². The molecule has 2 heterocycles. The van der Waals surface area contributed by atoms with Gasteiger partial charge in [0, 0.05) is 24.6 Å². The molecule has 2 aromatic heterocycles. The first-order valence-corrected chi connectivity index (χ1v) is 9.43. The lowest BCUT2D eigenvalue weighted by Gasteiger charge is -2.08. The Hall–Kier alpha value is -2.29. The van der Waals surface area contributed by atoms with E-state index in [9.17, 15) is 9.90 Å². The van der Waals surface area contributed by atoms with Gasteiger partial charge in [0.15, 0.2) is 10.3 Å². The van der Waals surface area contributed by atoms with E-state index in [1.165, 1.54) is 29.6 Å². The molecule has 130 valence electrons. The molecule has 0 radical (unpaired) electrons. The highest BCUT2D eigenvalue weighted by Gasteiger charge is 2.14. The number of hydrogen-bond acceptors (Lipinski definition) is 7. The minimum Gasteiger partial charge on any atom is -0.396 e. The molecule has 0 aliphatic carbocycles. The second-order valence-electron chi connectivity index (χ2n) is 5.41. The summed E-state index contributed by atoms with van der Waals surface area (Å²) in [7, 11) is 0. The molecule has 0 unspecified atom stereocenters. The molecular formula is C17H18N4O2S2. The van der Waals surface area contributed by atoms with Crippen molar-refractivity contribution in [2.75, 3.05) is 17.2 Å². The van der Waals surface area contributed by atoms with Crippen molar-refractivity contribution in [3.63, 3.8) is 0 Å². The number of aliphatic hydroxyl groups excluding tert-OH is 1. The van der Waals surface area contributed by atoms with Gasteiger partial charge in [-0.1, -0.05) is 29.5 Å². The number of anilines is 3. The van der Waals surface area contributed by atoms with Crippen LogP contribution >= 0.6 is 22.7 Å². The number of para-hydroxylation sites is 1. The summed E-state index contributed by atoms with van der Waals surface area (Å²) >= 11 is 2.92. The number of thiazole rings is 2. The summed E-state index contributed by atoms with van der Waals surface area (Å²) in [6, 6.07) is 7.86. The van der Waals surface area contributed by atoms with Crippen LogP contribution in [0.3, 0.4) is 0 Å². The summed E-state index contributed by atoms with van der Waals surface area (Å²) in [4.78, 5) is 21.1. The molecule has 3 aromatic rings. The van der Waals surface area contributed by atoms with Crippen LogP contribution in [-0.2, 0) is 11.2 Å². The van der Waals surface area contributed by atoms with Crippen LogP contribution in [0.5, 0.6) is 0 Å². The Morgan fingerprint density at radius 3 is 2.80 bits per heavy atom. The van der Waals surface area contributed by atoms with Crippen LogP contribution in [0.25, 0.3) is 10.6 Å². The Morgan fingerprint density at radius 2 is 2.04 bits per heavy atom. The molecule has 8 heteroatoms. The molecule has 1 amide bonds. The van der Waals surface area contributed by atoms with Crippen molar-refractivity contribution in [2.24, 2.45) is 0 Å². The fourth-order valence-corrected chi connectivity index (χ4v) is 4.13. The third kappa shape index (κ3) is 4.22. The van der Waals surface area contributed by atoms with Gasteiger partial charge in [-0.2, -0.15) is 0 Å². The number of nitrogens with one attached hydrogen (secondary N) is 2. The standard InChI is InChI=1S/C17H18N4O2S2/c1-10-15(25-17(18-10)19-11(2)23)14-9-24-16(21-14)20-13-6-4-3-5-12(13)7-8-22/h3-6,9,22H,7-8H2,1-2H3,(H,20,21)(H,18,19,23). The molecule has 0 fully saturated rings. The number of aryl methyl sites for hydroxylation is 1. The summed E-state index contributed by atoms with van der Waals surface area (Å²) in [6.45, 7) is 3.47.